The fraction of sp³-hybridized carbons (Fsp3) is 0.529. The van der Waals surface area contributed by atoms with Crippen molar-refractivity contribution in [1.82, 2.24) is 10.2 Å². The Labute approximate surface area is 144 Å². The molecule has 0 saturated carbocycles. The lowest BCUT2D eigenvalue weighted by atomic mass is 9.96. The molecule has 1 saturated heterocycles. The van der Waals surface area contributed by atoms with Crippen molar-refractivity contribution in [2.75, 3.05) is 13.2 Å². The zero-order chi connectivity index (χ0) is 18.6. The summed E-state index contributed by atoms with van der Waals surface area (Å²) >= 11 is 0. The van der Waals surface area contributed by atoms with Crippen LogP contribution >= 0.6 is 0 Å². The summed E-state index contributed by atoms with van der Waals surface area (Å²) in [5.74, 6) is -0.495. The summed E-state index contributed by atoms with van der Waals surface area (Å²) in [6, 6.07) is 3.66. The van der Waals surface area contributed by atoms with Crippen LogP contribution in [0.15, 0.2) is 24.3 Å². The average molecular weight is 358 g/mol. The van der Waals surface area contributed by atoms with Gasteiger partial charge in [-0.15, -0.1) is 0 Å². The molecule has 0 unspecified atom stereocenters. The lowest BCUT2D eigenvalue weighted by Gasteiger charge is -2.40. The Hall–Kier alpha value is -2.25. The van der Waals surface area contributed by atoms with Gasteiger partial charge in [0, 0.05) is 25.1 Å². The number of halogens is 3. The van der Waals surface area contributed by atoms with Crippen LogP contribution in [0.5, 0.6) is 5.75 Å². The van der Waals surface area contributed by atoms with E-state index in [1.165, 1.54) is 19.1 Å². The molecule has 0 radical (unpaired) electrons. The van der Waals surface area contributed by atoms with Gasteiger partial charge >= 0.3 is 6.18 Å². The van der Waals surface area contributed by atoms with E-state index in [1.807, 2.05) is 6.92 Å². The largest absolute Gasteiger partial charge is 0.494 e. The zero-order valence-corrected chi connectivity index (χ0v) is 14.1. The van der Waals surface area contributed by atoms with E-state index in [-0.39, 0.29) is 30.9 Å². The maximum atomic E-state index is 13.3. The molecular weight excluding hydrogens is 337 g/mol. The fourth-order valence-electron chi connectivity index (χ4n) is 2.97. The van der Waals surface area contributed by atoms with E-state index < -0.39 is 24.2 Å². The standard InChI is InChI=1S/C17H21F3N2O3/c1-3-25-14-7-4-12(5-8-14)16(24)22-10-13(21-11(2)23)6-9-15(22)17(18,19)20/h4-5,7-8,13,15H,3,6,9-10H2,1-2H3,(H,21,23)/t13-,15-/m0/s1. The van der Waals surface area contributed by atoms with E-state index in [0.29, 0.717) is 12.4 Å². The minimum atomic E-state index is -4.51. The lowest BCUT2D eigenvalue weighted by Crippen LogP contribution is -2.58. The van der Waals surface area contributed by atoms with Crippen LogP contribution in [0.1, 0.15) is 37.0 Å². The number of nitrogens with one attached hydrogen (secondary N) is 1. The molecule has 2 amide bonds. The van der Waals surface area contributed by atoms with Crippen molar-refractivity contribution in [3.63, 3.8) is 0 Å². The molecular formula is C17H21F3N2O3. The van der Waals surface area contributed by atoms with Gasteiger partial charge in [-0.3, -0.25) is 9.59 Å². The first kappa shape index (κ1) is 19.1. The number of alkyl halides is 3. The third kappa shape index (κ3) is 4.87. The van der Waals surface area contributed by atoms with Crippen molar-refractivity contribution in [2.24, 2.45) is 0 Å². The van der Waals surface area contributed by atoms with Gasteiger partial charge in [-0.2, -0.15) is 13.2 Å². The van der Waals surface area contributed by atoms with E-state index in [0.717, 1.165) is 4.90 Å². The van der Waals surface area contributed by atoms with E-state index >= 15 is 0 Å². The molecule has 5 nitrogen and oxygen atoms in total. The Bertz CT molecular complexity index is 617. The second-order valence-electron chi connectivity index (χ2n) is 5.95. The molecule has 2 atom stereocenters. The van der Waals surface area contributed by atoms with Gasteiger partial charge in [-0.1, -0.05) is 0 Å². The van der Waals surface area contributed by atoms with E-state index in [2.05, 4.69) is 5.32 Å². The molecule has 8 heteroatoms. The molecule has 0 aromatic heterocycles. The van der Waals surface area contributed by atoms with Crippen LogP contribution < -0.4 is 10.1 Å². The predicted molar refractivity (Wildman–Crippen MR) is 85.3 cm³/mol. The Balaban J connectivity index is 2.22. The molecule has 1 N–H and O–H groups in total. The number of hydrogen-bond donors (Lipinski definition) is 1. The summed E-state index contributed by atoms with van der Waals surface area (Å²) in [6.45, 7) is 3.39. The zero-order valence-electron chi connectivity index (χ0n) is 14.1. The smallest absolute Gasteiger partial charge is 0.408 e. The van der Waals surface area contributed by atoms with Gasteiger partial charge < -0.3 is 15.0 Å². The van der Waals surface area contributed by atoms with Crippen molar-refractivity contribution in [2.45, 2.75) is 44.9 Å². The molecule has 1 fully saturated rings. The van der Waals surface area contributed by atoms with E-state index in [4.69, 9.17) is 4.74 Å². The SMILES string of the molecule is CCOc1ccc(C(=O)N2C[C@@H](NC(C)=O)CC[C@H]2C(F)(F)F)cc1. The molecule has 1 heterocycles. The van der Waals surface area contributed by atoms with Crippen molar-refractivity contribution in [3.05, 3.63) is 29.8 Å². The average Bonchev–Trinajstić information content (AvgIpc) is 2.53. The van der Waals surface area contributed by atoms with Crippen molar-refractivity contribution in [1.29, 1.82) is 0 Å². The molecule has 1 aromatic carbocycles. The van der Waals surface area contributed by atoms with Crippen LogP contribution in [0.25, 0.3) is 0 Å². The minimum Gasteiger partial charge on any atom is -0.494 e. The second kappa shape index (κ2) is 7.76. The molecule has 0 bridgehead atoms. The molecule has 1 aromatic rings. The van der Waals surface area contributed by atoms with Gasteiger partial charge in [0.1, 0.15) is 11.8 Å². The molecule has 138 valence electrons. The quantitative estimate of drug-likeness (QED) is 0.900. The van der Waals surface area contributed by atoms with Crippen molar-refractivity contribution < 1.29 is 27.5 Å². The maximum absolute atomic E-state index is 13.3. The molecule has 25 heavy (non-hydrogen) atoms. The van der Waals surface area contributed by atoms with Crippen LogP contribution in [0.4, 0.5) is 13.2 Å². The predicted octanol–water partition coefficient (Wildman–Crippen LogP) is 2.76. The van der Waals surface area contributed by atoms with Crippen LogP contribution in [0.2, 0.25) is 0 Å². The number of nitrogens with zero attached hydrogens (tertiary/aromatic N) is 1. The topological polar surface area (TPSA) is 58.6 Å². The first-order valence-corrected chi connectivity index (χ1v) is 8.10. The fourth-order valence-corrected chi connectivity index (χ4v) is 2.97. The Morgan fingerprint density at radius 3 is 2.40 bits per heavy atom. The summed E-state index contributed by atoms with van der Waals surface area (Å²) in [7, 11) is 0. The molecule has 1 aliphatic rings. The van der Waals surface area contributed by atoms with Gasteiger partial charge in [0.25, 0.3) is 5.91 Å². The van der Waals surface area contributed by atoms with E-state index in [1.54, 1.807) is 12.1 Å². The number of ether oxygens (including phenoxy) is 1. The Kier molecular flexibility index (Phi) is 5.92. The highest BCUT2D eigenvalue weighted by Gasteiger charge is 2.48. The molecule has 2 rings (SSSR count). The molecule has 0 spiro atoms. The van der Waals surface area contributed by atoms with Crippen molar-refractivity contribution >= 4 is 11.8 Å². The third-order valence-electron chi connectivity index (χ3n) is 4.04. The Morgan fingerprint density at radius 1 is 1.24 bits per heavy atom. The Morgan fingerprint density at radius 2 is 1.88 bits per heavy atom. The number of carbonyl (C=O) groups excluding carboxylic acids is 2. The van der Waals surface area contributed by atoms with Gasteiger partial charge in [-0.05, 0) is 44.0 Å². The normalized spacial score (nSPS) is 20.9. The number of amides is 2. The third-order valence-corrected chi connectivity index (χ3v) is 4.04. The number of hydrogen-bond acceptors (Lipinski definition) is 3. The number of piperidine rings is 1. The highest BCUT2D eigenvalue weighted by molar-refractivity contribution is 5.94. The minimum absolute atomic E-state index is 0.154. The van der Waals surface area contributed by atoms with Crippen LogP contribution in [-0.4, -0.2) is 48.1 Å². The summed E-state index contributed by atoms with van der Waals surface area (Å²) in [4.78, 5) is 24.6. The lowest BCUT2D eigenvalue weighted by molar-refractivity contribution is -0.184. The van der Waals surface area contributed by atoms with Gasteiger partial charge in [0.15, 0.2) is 0 Å². The van der Waals surface area contributed by atoms with Gasteiger partial charge in [-0.25, -0.2) is 0 Å². The van der Waals surface area contributed by atoms with Crippen molar-refractivity contribution in [3.8, 4) is 5.75 Å². The summed E-state index contributed by atoms with van der Waals surface area (Å²) in [5.41, 5.74) is 0.154. The highest BCUT2D eigenvalue weighted by atomic mass is 19.4. The summed E-state index contributed by atoms with van der Waals surface area (Å²) in [6.07, 6.45) is -4.57. The number of rotatable bonds is 4. The van der Waals surface area contributed by atoms with Crippen LogP contribution in [0.3, 0.4) is 0 Å². The molecule has 0 aliphatic carbocycles. The van der Waals surface area contributed by atoms with Gasteiger partial charge in [0.05, 0.1) is 6.61 Å². The van der Waals surface area contributed by atoms with E-state index in [9.17, 15) is 22.8 Å². The first-order valence-electron chi connectivity index (χ1n) is 8.10. The summed E-state index contributed by atoms with van der Waals surface area (Å²) < 4.78 is 45.2. The number of benzene rings is 1. The second-order valence-corrected chi connectivity index (χ2v) is 5.95. The number of carbonyl (C=O) groups is 2. The summed E-state index contributed by atoms with van der Waals surface area (Å²) in [5, 5.41) is 2.60. The van der Waals surface area contributed by atoms with Crippen LogP contribution in [-0.2, 0) is 4.79 Å². The van der Waals surface area contributed by atoms with Gasteiger partial charge in [0.2, 0.25) is 5.91 Å². The highest BCUT2D eigenvalue weighted by Crippen LogP contribution is 2.33. The maximum Gasteiger partial charge on any atom is 0.408 e. The van der Waals surface area contributed by atoms with Crippen LogP contribution in [0, 0.1) is 0 Å². The first-order chi connectivity index (χ1) is 11.7. The molecule has 1 aliphatic heterocycles. The monoisotopic (exact) mass is 358 g/mol. The number of likely N-dealkylation sites (tertiary alicyclic amines) is 1.